The molecule has 0 bridgehead atoms. The van der Waals surface area contributed by atoms with E-state index in [0.717, 1.165) is 10.9 Å². The van der Waals surface area contributed by atoms with Crippen LogP contribution in [0.3, 0.4) is 0 Å². The summed E-state index contributed by atoms with van der Waals surface area (Å²) in [5, 5.41) is 0. The van der Waals surface area contributed by atoms with Crippen molar-refractivity contribution in [3.63, 3.8) is 0 Å². The fourth-order valence-corrected chi connectivity index (χ4v) is 2.50. The first-order chi connectivity index (χ1) is 8.36. The smallest absolute Gasteiger partial charge is 0.128 e. The third-order valence-corrected chi connectivity index (χ3v) is 4.29. The maximum Gasteiger partial charge on any atom is 0.128 e. The van der Waals surface area contributed by atoms with Crippen LogP contribution in [-0.2, 0) is 0 Å². The summed E-state index contributed by atoms with van der Waals surface area (Å²) in [4.78, 5) is 2.07. The SMILES string of the molecule is CCC(C)(C(NN)c1cc(Br)ccc1F)N(C)C. The van der Waals surface area contributed by atoms with Crippen molar-refractivity contribution in [1.29, 1.82) is 0 Å². The molecule has 2 atom stereocenters. The van der Waals surface area contributed by atoms with E-state index < -0.39 is 0 Å². The Morgan fingerprint density at radius 2 is 2.11 bits per heavy atom. The van der Waals surface area contributed by atoms with Crippen LogP contribution >= 0.6 is 15.9 Å². The first-order valence-corrected chi connectivity index (χ1v) is 6.74. The number of nitrogens with two attached hydrogens (primary N) is 1. The number of rotatable bonds is 5. The molecule has 0 saturated carbocycles. The van der Waals surface area contributed by atoms with Crippen LogP contribution in [0.1, 0.15) is 31.9 Å². The zero-order valence-electron chi connectivity index (χ0n) is 11.3. The van der Waals surface area contributed by atoms with E-state index >= 15 is 0 Å². The standard InChI is InChI=1S/C13H21BrFN3/c1-5-13(2,18(3)4)12(17-16)10-8-9(14)6-7-11(10)15/h6-8,12,17H,5,16H2,1-4H3. The van der Waals surface area contributed by atoms with Gasteiger partial charge in [0, 0.05) is 15.6 Å². The van der Waals surface area contributed by atoms with E-state index in [1.807, 2.05) is 14.1 Å². The van der Waals surface area contributed by atoms with Crippen LogP contribution in [0.5, 0.6) is 0 Å². The molecule has 1 rings (SSSR count). The third-order valence-electron chi connectivity index (χ3n) is 3.80. The van der Waals surface area contributed by atoms with Crippen molar-refractivity contribution in [2.24, 2.45) is 5.84 Å². The molecule has 1 aromatic carbocycles. The monoisotopic (exact) mass is 317 g/mol. The van der Waals surface area contributed by atoms with Crippen LogP contribution in [0.4, 0.5) is 4.39 Å². The van der Waals surface area contributed by atoms with Gasteiger partial charge in [-0.1, -0.05) is 22.9 Å². The normalized spacial score (nSPS) is 16.7. The minimum atomic E-state index is -0.282. The number of benzene rings is 1. The lowest BCUT2D eigenvalue weighted by molar-refractivity contribution is 0.111. The Labute approximate surface area is 117 Å². The number of halogens is 2. The van der Waals surface area contributed by atoms with Gasteiger partial charge in [0.15, 0.2) is 0 Å². The van der Waals surface area contributed by atoms with E-state index in [1.54, 1.807) is 12.1 Å². The Bertz CT molecular complexity index is 411. The van der Waals surface area contributed by atoms with Gasteiger partial charge in [-0.2, -0.15) is 0 Å². The van der Waals surface area contributed by atoms with Gasteiger partial charge in [0.1, 0.15) is 5.82 Å². The van der Waals surface area contributed by atoms with Crippen LogP contribution in [-0.4, -0.2) is 24.5 Å². The van der Waals surface area contributed by atoms with Crippen molar-refractivity contribution >= 4 is 15.9 Å². The second-order valence-corrected chi connectivity index (χ2v) is 5.79. The van der Waals surface area contributed by atoms with Crippen molar-refractivity contribution in [3.8, 4) is 0 Å². The number of nitrogens with zero attached hydrogens (tertiary/aromatic N) is 1. The number of nitrogens with one attached hydrogen (secondary N) is 1. The lowest BCUT2D eigenvalue weighted by Crippen LogP contribution is -2.53. The number of hydrazine groups is 1. The van der Waals surface area contributed by atoms with Crippen LogP contribution < -0.4 is 11.3 Å². The highest BCUT2D eigenvalue weighted by Gasteiger charge is 2.36. The maximum absolute atomic E-state index is 14.0. The molecule has 3 N–H and O–H groups in total. The average Bonchev–Trinajstić information content (AvgIpc) is 2.33. The van der Waals surface area contributed by atoms with Crippen molar-refractivity contribution in [2.45, 2.75) is 31.8 Å². The topological polar surface area (TPSA) is 41.3 Å². The Morgan fingerprint density at radius 3 is 2.56 bits per heavy atom. The van der Waals surface area contributed by atoms with Gasteiger partial charge >= 0.3 is 0 Å². The molecule has 0 saturated heterocycles. The Hall–Kier alpha value is -0.490. The lowest BCUT2D eigenvalue weighted by Gasteiger charge is -2.42. The van der Waals surface area contributed by atoms with E-state index in [0.29, 0.717) is 5.56 Å². The Balaban J connectivity index is 3.28. The molecule has 2 unspecified atom stereocenters. The summed E-state index contributed by atoms with van der Waals surface area (Å²) in [6.45, 7) is 4.14. The fourth-order valence-electron chi connectivity index (χ4n) is 2.12. The molecule has 1 aromatic rings. The second kappa shape index (κ2) is 6.10. The molecule has 0 heterocycles. The predicted molar refractivity (Wildman–Crippen MR) is 76.5 cm³/mol. The molecule has 5 heteroatoms. The zero-order chi connectivity index (χ0) is 13.9. The van der Waals surface area contributed by atoms with E-state index in [4.69, 9.17) is 5.84 Å². The molecule has 0 aliphatic carbocycles. The molecule has 0 amide bonds. The highest BCUT2D eigenvalue weighted by Crippen LogP contribution is 2.34. The quantitative estimate of drug-likeness (QED) is 0.648. The van der Waals surface area contributed by atoms with E-state index in [-0.39, 0.29) is 17.4 Å². The molecular weight excluding hydrogens is 297 g/mol. The highest BCUT2D eigenvalue weighted by atomic mass is 79.9. The maximum atomic E-state index is 14.0. The van der Waals surface area contributed by atoms with Gasteiger partial charge in [0.25, 0.3) is 0 Å². The van der Waals surface area contributed by atoms with E-state index in [1.165, 1.54) is 6.07 Å². The Kier molecular flexibility index (Phi) is 5.28. The first-order valence-electron chi connectivity index (χ1n) is 5.95. The van der Waals surface area contributed by atoms with Crippen LogP contribution in [0.25, 0.3) is 0 Å². The summed E-state index contributed by atoms with van der Waals surface area (Å²) in [5.41, 5.74) is 3.06. The molecule has 18 heavy (non-hydrogen) atoms. The van der Waals surface area contributed by atoms with Crippen molar-refractivity contribution in [3.05, 3.63) is 34.1 Å². The Morgan fingerprint density at radius 1 is 1.50 bits per heavy atom. The van der Waals surface area contributed by atoms with E-state index in [9.17, 15) is 4.39 Å². The molecule has 102 valence electrons. The van der Waals surface area contributed by atoms with Gasteiger partial charge in [0.05, 0.1) is 6.04 Å². The zero-order valence-corrected chi connectivity index (χ0v) is 12.9. The number of hydrogen-bond acceptors (Lipinski definition) is 3. The molecule has 0 aliphatic heterocycles. The summed E-state index contributed by atoms with van der Waals surface area (Å²) in [7, 11) is 3.95. The third kappa shape index (κ3) is 2.91. The molecule has 0 fully saturated rings. The number of likely N-dealkylation sites (N-methyl/N-ethyl adjacent to an activating group) is 1. The van der Waals surface area contributed by atoms with Crippen molar-refractivity contribution in [1.82, 2.24) is 10.3 Å². The van der Waals surface area contributed by atoms with Crippen molar-refractivity contribution < 1.29 is 4.39 Å². The minimum Gasteiger partial charge on any atom is -0.302 e. The van der Waals surface area contributed by atoms with Crippen molar-refractivity contribution in [2.75, 3.05) is 14.1 Å². The van der Waals surface area contributed by atoms with Gasteiger partial charge in [-0.05, 0) is 45.6 Å². The van der Waals surface area contributed by atoms with Gasteiger partial charge in [-0.3, -0.25) is 11.3 Å². The van der Waals surface area contributed by atoms with Gasteiger partial charge in [-0.25, -0.2) is 4.39 Å². The molecule has 0 radical (unpaired) electrons. The largest absolute Gasteiger partial charge is 0.302 e. The van der Waals surface area contributed by atoms with Gasteiger partial charge in [-0.15, -0.1) is 0 Å². The molecule has 3 nitrogen and oxygen atoms in total. The summed E-state index contributed by atoms with van der Waals surface area (Å²) in [6, 6.07) is 4.63. The van der Waals surface area contributed by atoms with Crippen LogP contribution in [0.15, 0.2) is 22.7 Å². The molecule has 0 aromatic heterocycles. The average molecular weight is 318 g/mol. The van der Waals surface area contributed by atoms with Crippen LogP contribution in [0.2, 0.25) is 0 Å². The lowest BCUT2D eigenvalue weighted by atomic mass is 9.83. The molecule has 0 spiro atoms. The first kappa shape index (κ1) is 15.6. The summed E-state index contributed by atoms with van der Waals surface area (Å²) in [5.74, 6) is 5.42. The highest BCUT2D eigenvalue weighted by molar-refractivity contribution is 9.10. The van der Waals surface area contributed by atoms with Gasteiger partial charge in [0.2, 0.25) is 0 Å². The minimum absolute atomic E-state index is 0.248. The van der Waals surface area contributed by atoms with Gasteiger partial charge < -0.3 is 4.90 Å². The molecule has 0 aliphatic rings. The number of hydrogen-bond donors (Lipinski definition) is 2. The van der Waals surface area contributed by atoms with Crippen LogP contribution in [0, 0.1) is 5.82 Å². The fraction of sp³-hybridized carbons (Fsp3) is 0.538. The predicted octanol–water partition coefficient (Wildman–Crippen LogP) is 2.82. The van der Waals surface area contributed by atoms with E-state index in [2.05, 4.69) is 40.1 Å². The summed E-state index contributed by atoms with van der Waals surface area (Å²) in [6.07, 6.45) is 0.848. The second-order valence-electron chi connectivity index (χ2n) is 4.87. The summed E-state index contributed by atoms with van der Waals surface area (Å²) < 4.78 is 14.8. The molecular formula is C13H21BrFN3. The summed E-state index contributed by atoms with van der Waals surface area (Å²) >= 11 is 3.37.